The molecule has 2 aromatic carbocycles. The molecule has 0 aliphatic rings. The van der Waals surface area contributed by atoms with Gasteiger partial charge < -0.3 is 5.32 Å². The molecule has 0 fully saturated rings. The summed E-state index contributed by atoms with van der Waals surface area (Å²) in [6.45, 7) is 3.78. The van der Waals surface area contributed by atoms with Crippen molar-refractivity contribution in [2.75, 3.05) is 5.32 Å². The molecule has 0 spiro atoms. The van der Waals surface area contributed by atoms with Gasteiger partial charge in [-0.2, -0.15) is 0 Å². The molecule has 23 heavy (non-hydrogen) atoms. The molecule has 0 unspecified atom stereocenters. The molecule has 3 rings (SSSR count). The molecule has 0 radical (unpaired) electrons. The zero-order chi connectivity index (χ0) is 16.4. The Morgan fingerprint density at radius 2 is 1.78 bits per heavy atom. The van der Waals surface area contributed by atoms with Gasteiger partial charge in [0.1, 0.15) is 5.82 Å². The van der Waals surface area contributed by atoms with Gasteiger partial charge in [0.15, 0.2) is 0 Å². The van der Waals surface area contributed by atoms with Crippen molar-refractivity contribution < 1.29 is 4.39 Å². The van der Waals surface area contributed by atoms with Crippen molar-refractivity contribution in [1.82, 2.24) is 9.97 Å². The first-order chi connectivity index (χ1) is 11.0. The van der Waals surface area contributed by atoms with E-state index in [1.807, 2.05) is 31.2 Å². The maximum Gasteiger partial charge on any atom is 0.252 e. The highest BCUT2D eigenvalue weighted by Gasteiger charge is 2.06. The zero-order valence-corrected chi connectivity index (χ0v) is 12.9. The van der Waals surface area contributed by atoms with Gasteiger partial charge in [0, 0.05) is 17.3 Å². The molecule has 0 atom stereocenters. The quantitative estimate of drug-likeness (QED) is 0.770. The summed E-state index contributed by atoms with van der Waals surface area (Å²) in [6, 6.07) is 13.6. The van der Waals surface area contributed by atoms with Crippen LogP contribution in [0.2, 0.25) is 0 Å². The van der Waals surface area contributed by atoms with E-state index in [2.05, 4.69) is 15.3 Å². The number of rotatable bonds is 3. The van der Waals surface area contributed by atoms with Gasteiger partial charge in [-0.05, 0) is 37.6 Å². The van der Waals surface area contributed by atoms with E-state index in [-0.39, 0.29) is 11.4 Å². The number of aromatic nitrogens is 2. The Morgan fingerprint density at radius 1 is 1.04 bits per heavy atom. The fraction of sp³-hybridized carbons (Fsp3) is 0.111. The lowest BCUT2D eigenvalue weighted by Crippen LogP contribution is -2.11. The predicted octanol–water partition coefficient (Wildman–Crippen LogP) is 3.94. The number of halogens is 1. The van der Waals surface area contributed by atoms with Crippen LogP contribution in [-0.2, 0) is 0 Å². The number of nitrogens with one attached hydrogen (secondary N) is 2. The van der Waals surface area contributed by atoms with Crippen LogP contribution in [0.1, 0.15) is 11.1 Å². The maximum atomic E-state index is 13.2. The van der Waals surface area contributed by atoms with Crippen molar-refractivity contribution in [2.45, 2.75) is 13.8 Å². The summed E-state index contributed by atoms with van der Waals surface area (Å²) in [5.41, 5.74) is 3.75. The Balaban J connectivity index is 1.97. The number of aromatic amines is 1. The molecule has 0 saturated heterocycles. The van der Waals surface area contributed by atoms with Crippen LogP contribution in [0.5, 0.6) is 0 Å². The van der Waals surface area contributed by atoms with Crippen LogP contribution in [0.4, 0.5) is 16.0 Å². The first-order valence-electron chi connectivity index (χ1n) is 7.23. The van der Waals surface area contributed by atoms with Gasteiger partial charge in [-0.1, -0.05) is 29.8 Å². The smallest absolute Gasteiger partial charge is 0.252 e. The topological polar surface area (TPSA) is 57.8 Å². The fourth-order valence-corrected chi connectivity index (χ4v) is 2.28. The molecule has 1 aromatic heterocycles. The van der Waals surface area contributed by atoms with Crippen LogP contribution in [0.3, 0.4) is 0 Å². The summed E-state index contributed by atoms with van der Waals surface area (Å²) in [4.78, 5) is 19.0. The maximum absolute atomic E-state index is 13.2. The van der Waals surface area contributed by atoms with Gasteiger partial charge in [0.25, 0.3) is 5.56 Å². The Bertz CT molecular complexity index is 901. The first-order valence-corrected chi connectivity index (χ1v) is 7.23. The molecule has 1 heterocycles. The fourth-order valence-electron chi connectivity index (χ4n) is 2.28. The van der Waals surface area contributed by atoms with E-state index < -0.39 is 0 Å². The van der Waals surface area contributed by atoms with E-state index in [4.69, 9.17) is 0 Å². The Hall–Kier alpha value is -2.95. The highest BCUT2D eigenvalue weighted by molar-refractivity contribution is 5.63. The van der Waals surface area contributed by atoms with Crippen LogP contribution in [0.25, 0.3) is 11.3 Å². The standard InChI is InChI=1S/C18H16FN3O/c1-11-3-5-13(6-4-11)16-10-17(23)22-18(21-16)20-15-8-7-14(19)9-12(15)2/h3-10H,1-2H3,(H2,20,21,22,23). The molecule has 0 amide bonds. The van der Waals surface area contributed by atoms with Crippen LogP contribution in [-0.4, -0.2) is 9.97 Å². The third-order valence-electron chi connectivity index (χ3n) is 3.53. The van der Waals surface area contributed by atoms with Crippen LogP contribution in [0, 0.1) is 19.7 Å². The number of anilines is 2. The van der Waals surface area contributed by atoms with E-state index in [0.717, 1.165) is 16.7 Å². The first kappa shape index (κ1) is 15.0. The highest BCUT2D eigenvalue weighted by atomic mass is 19.1. The van der Waals surface area contributed by atoms with E-state index in [1.165, 1.54) is 18.2 Å². The summed E-state index contributed by atoms with van der Waals surface area (Å²) < 4.78 is 13.2. The van der Waals surface area contributed by atoms with Crippen LogP contribution >= 0.6 is 0 Å². The number of H-pyrrole nitrogens is 1. The van der Waals surface area contributed by atoms with Gasteiger partial charge in [0.05, 0.1) is 5.69 Å². The van der Waals surface area contributed by atoms with Gasteiger partial charge in [0.2, 0.25) is 5.95 Å². The lowest BCUT2D eigenvalue weighted by atomic mass is 10.1. The molecule has 0 saturated carbocycles. The molecule has 0 bridgehead atoms. The Morgan fingerprint density at radius 3 is 2.48 bits per heavy atom. The summed E-state index contributed by atoms with van der Waals surface area (Å²) >= 11 is 0. The zero-order valence-electron chi connectivity index (χ0n) is 12.9. The third kappa shape index (κ3) is 3.45. The normalized spacial score (nSPS) is 10.6. The molecule has 0 aliphatic carbocycles. The number of hydrogen-bond donors (Lipinski definition) is 2. The molecule has 2 N–H and O–H groups in total. The van der Waals surface area contributed by atoms with Crippen molar-refractivity contribution >= 4 is 11.6 Å². The molecular formula is C18H16FN3O. The summed E-state index contributed by atoms with van der Waals surface area (Å²) in [5, 5.41) is 3.03. The van der Waals surface area contributed by atoms with Crippen molar-refractivity contribution in [2.24, 2.45) is 0 Å². The van der Waals surface area contributed by atoms with Gasteiger partial charge in [-0.25, -0.2) is 9.37 Å². The van der Waals surface area contributed by atoms with Crippen molar-refractivity contribution in [3.8, 4) is 11.3 Å². The lowest BCUT2D eigenvalue weighted by Gasteiger charge is -2.10. The largest absolute Gasteiger partial charge is 0.325 e. The summed E-state index contributed by atoms with van der Waals surface area (Å²) in [6.07, 6.45) is 0. The molecule has 4 nitrogen and oxygen atoms in total. The van der Waals surface area contributed by atoms with Gasteiger partial charge in [-0.3, -0.25) is 9.78 Å². The minimum atomic E-state index is -0.303. The molecular weight excluding hydrogens is 293 g/mol. The molecule has 0 aliphatic heterocycles. The highest BCUT2D eigenvalue weighted by Crippen LogP contribution is 2.21. The van der Waals surface area contributed by atoms with E-state index >= 15 is 0 Å². The minimum absolute atomic E-state index is 0.252. The van der Waals surface area contributed by atoms with Crippen LogP contribution < -0.4 is 10.9 Å². The van der Waals surface area contributed by atoms with E-state index in [1.54, 1.807) is 13.0 Å². The number of nitrogens with zero attached hydrogens (tertiary/aromatic N) is 1. The average Bonchev–Trinajstić information content (AvgIpc) is 2.50. The average molecular weight is 309 g/mol. The summed E-state index contributed by atoms with van der Waals surface area (Å²) in [7, 11) is 0. The number of aryl methyl sites for hydroxylation is 2. The van der Waals surface area contributed by atoms with E-state index in [9.17, 15) is 9.18 Å². The molecule has 3 aromatic rings. The van der Waals surface area contributed by atoms with Crippen molar-refractivity contribution in [3.63, 3.8) is 0 Å². The second-order valence-corrected chi connectivity index (χ2v) is 5.43. The Kier molecular flexibility index (Phi) is 3.93. The molecule has 5 heteroatoms. The summed E-state index contributed by atoms with van der Waals surface area (Å²) in [5.74, 6) is 0.0192. The third-order valence-corrected chi connectivity index (χ3v) is 3.53. The lowest BCUT2D eigenvalue weighted by molar-refractivity contribution is 0.627. The van der Waals surface area contributed by atoms with Crippen LogP contribution in [0.15, 0.2) is 53.3 Å². The second kappa shape index (κ2) is 6.04. The van der Waals surface area contributed by atoms with Crippen molar-refractivity contribution in [1.29, 1.82) is 0 Å². The van der Waals surface area contributed by atoms with Gasteiger partial charge >= 0.3 is 0 Å². The predicted molar refractivity (Wildman–Crippen MR) is 89.5 cm³/mol. The minimum Gasteiger partial charge on any atom is -0.325 e. The monoisotopic (exact) mass is 309 g/mol. The molecule has 116 valence electrons. The number of hydrogen-bond acceptors (Lipinski definition) is 3. The van der Waals surface area contributed by atoms with Crippen molar-refractivity contribution in [3.05, 3.63) is 75.8 Å². The van der Waals surface area contributed by atoms with Gasteiger partial charge in [-0.15, -0.1) is 0 Å². The second-order valence-electron chi connectivity index (χ2n) is 5.43. The SMILES string of the molecule is Cc1ccc(-c2cc(=O)[nH]c(Nc3ccc(F)cc3C)n2)cc1. The Labute approximate surface area is 133 Å². The van der Waals surface area contributed by atoms with E-state index in [0.29, 0.717) is 17.3 Å². The number of benzene rings is 2.